The van der Waals surface area contributed by atoms with Gasteiger partial charge in [0.2, 0.25) is 0 Å². The minimum atomic E-state index is -0.540. The van der Waals surface area contributed by atoms with Crippen LogP contribution >= 0.6 is 0 Å². The third kappa shape index (κ3) is 1.51. The highest BCUT2D eigenvalue weighted by atomic mass is 16.2. The van der Waals surface area contributed by atoms with Crippen molar-refractivity contribution in [3.8, 4) is 0 Å². The third-order valence-electron chi connectivity index (χ3n) is 3.61. The van der Waals surface area contributed by atoms with E-state index in [4.69, 9.17) is 0 Å². The van der Waals surface area contributed by atoms with Gasteiger partial charge >= 0.3 is 11.1 Å². The monoisotopic (exact) mass is 245 g/mol. The van der Waals surface area contributed by atoms with E-state index in [0.29, 0.717) is 6.54 Å². The largest absolute Gasteiger partial charge is 0.316 e. The van der Waals surface area contributed by atoms with Crippen LogP contribution in [0.15, 0.2) is 21.7 Å². The maximum atomic E-state index is 12.0. The number of benzene rings is 1. The number of H-pyrrole nitrogens is 1. The van der Waals surface area contributed by atoms with Crippen LogP contribution in [-0.2, 0) is 13.1 Å². The van der Waals surface area contributed by atoms with E-state index in [1.807, 2.05) is 26.1 Å². The smallest absolute Gasteiger partial charge is 0.316 e. The molecule has 1 aliphatic rings. The van der Waals surface area contributed by atoms with Gasteiger partial charge in [0.25, 0.3) is 0 Å². The quantitative estimate of drug-likeness (QED) is 0.685. The Labute approximate surface area is 104 Å². The van der Waals surface area contributed by atoms with E-state index in [0.717, 1.165) is 35.2 Å². The molecule has 18 heavy (non-hydrogen) atoms. The number of aromatic nitrogens is 2. The molecular formula is C13H15N3O2. The van der Waals surface area contributed by atoms with E-state index >= 15 is 0 Å². The van der Waals surface area contributed by atoms with Crippen molar-refractivity contribution >= 4 is 11.0 Å². The molecule has 1 N–H and O–H groups in total. The van der Waals surface area contributed by atoms with Crippen LogP contribution in [0.5, 0.6) is 0 Å². The highest BCUT2D eigenvalue weighted by Crippen LogP contribution is 2.22. The standard InChI is InChI=1S/C13H15N3O2/c1-8-3-4-10-11-9(8)7-15(2)5-6-16(11)13(18)12(17)14-10/h3-4H,5-7H2,1-2H3,(H,14,17). The van der Waals surface area contributed by atoms with Gasteiger partial charge in [0.1, 0.15) is 0 Å². The van der Waals surface area contributed by atoms with Crippen LogP contribution in [0, 0.1) is 6.92 Å². The average Bonchev–Trinajstić information content (AvgIpc) is 2.51. The van der Waals surface area contributed by atoms with Crippen LogP contribution in [0.1, 0.15) is 11.1 Å². The molecule has 0 amide bonds. The zero-order chi connectivity index (χ0) is 12.9. The second-order valence-corrected chi connectivity index (χ2v) is 4.91. The first-order valence-corrected chi connectivity index (χ1v) is 6.02. The Morgan fingerprint density at radius 3 is 2.78 bits per heavy atom. The highest BCUT2D eigenvalue weighted by molar-refractivity contribution is 5.79. The molecule has 1 aliphatic heterocycles. The van der Waals surface area contributed by atoms with Crippen molar-refractivity contribution in [2.24, 2.45) is 0 Å². The van der Waals surface area contributed by atoms with Crippen LogP contribution in [0.4, 0.5) is 0 Å². The topological polar surface area (TPSA) is 58.1 Å². The Balaban J connectivity index is 2.52. The van der Waals surface area contributed by atoms with Gasteiger partial charge in [0, 0.05) is 19.6 Å². The zero-order valence-electron chi connectivity index (χ0n) is 10.5. The number of hydrogen-bond donors (Lipinski definition) is 1. The summed E-state index contributed by atoms with van der Waals surface area (Å²) in [6.07, 6.45) is 0. The lowest BCUT2D eigenvalue weighted by Gasteiger charge is -2.14. The number of aromatic amines is 1. The van der Waals surface area contributed by atoms with Gasteiger partial charge in [-0.3, -0.25) is 9.59 Å². The normalized spacial score (nSPS) is 15.9. The molecule has 0 radical (unpaired) electrons. The van der Waals surface area contributed by atoms with Crippen molar-refractivity contribution in [1.82, 2.24) is 14.5 Å². The second-order valence-electron chi connectivity index (χ2n) is 4.91. The number of hydrogen-bond acceptors (Lipinski definition) is 3. The van der Waals surface area contributed by atoms with E-state index < -0.39 is 11.1 Å². The summed E-state index contributed by atoms with van der Waals surface area (Å²) in [5.41, 5.74) is 2.91. The molecule has 3 rings (SSSR count). The van der Waals surface area contributed by atoms with Gasteiger partial charge in [-0.05, 0) is 31.2 Å². The van der Waals surface area contributed by atoms with E-state index in [1.54, 1.807) is 4.57 Å². The summed E-state index contributed by atoms with van der Waals surface area (Å²) in [6.45, 7) is 4.17. The Morgan fingerprint density at radius 2 is 2.00 bits per heavy atom. The van der Waals surface area contributed by atoms with Crippen molar-refractivity contribution in [3.63, 3.8) is 0 Å². The van der Waals surface area contributed by atoms with Gasteiger partial charge in [0.15, 0.2) is 0 Å². The molecule has 1 aromatic carbocycles. The molecule has 0 fully saturated rings. The molecule has 2 heterocycles. The molecule has 94 valence electrons. The summed E-state index contributed by atoms with van der Waals surface area (Å²) < 4.78 is 1.61. The Hall–Kier alpha value is -1.88. The van der Waals surface area contributed by atoms with Gasteiger partial charge in [0.05, 0.1) is 11.0 Å². The number of aryl methyl sites for hydroxylation is 1. The number of nitrogens with zero attached hydrogens (tertiary/aromatic N) is 2. The fraction of sp³-hybridized carbons (Fsp3) is 0.385. The minimum Gasteiger partial charge on any atom is -0.316 e. The van der Waals surface area contributed by atoms with Crippen molar-refractivity contribution in [3.05, 3.63) is 44.0 Å². The van der Waals surface area contributed by atoms with Gasteiger partial charge in [-0.25, -0.2) is 0 Å². The maximum absolute atomic E-state index is 12.0. The highest BCUT2D eigenvalue weighted by Gasteiger charge is 2.18. The summed E-state index contributed by atoms with van der Waals surface area (Å²) in [5, 5.41) is 0. The first-order chi connectivity index (χ1) is 8.58. The summed E-state index contributed by atoms with van der Waals surface area (Å²) in [6, 6.07) is 3.86. The van der Waals surface area contributed by atoms with Crippen LogP contribution in [0.25, 0.3) is 11.0 Å². The molecule has 0 bridgehead atoms. The van der Waals surface area contributed by atoms with Crippen molar-refractivity contribution in [2.75, 3.05) is 13.6 Å². The summed E-state index contributed by atoms with van der Waals surface area (Å²) in [7, 11) is 2.02. The predicted molar refractivity (Wildman–Crippen MR) is 69.9 cm³/mol. The van der Waals surface area contributed by atoms with Gasteiger partial charge < -0.3 is 14.5 Å². The maximum Gasteiger partial charge on any atom is 0.316 e. The first-order valence-electron chi connectivity index (χ1n) is 6.02. The van der Waals surface area contributed by atoms with Crippen molar-refractivity contribution in [1.29, 1.82) is 0 Å². The van der Waals surface area contributed by atoms with Crippen molar-refractivity contribution in [2.45, 2.75) is 20.0 Å². The van der Waals surface area contributed by atoms with Gasteiger partial charge in [-0.15, -0.1) is 0 Å². The fourth-order valence-electron chi connectivity index (χ4n) is 2.58. The van der Waals surface area contributed by atoms with E-state index in [2.05, 4.69) is 9.88 Å². The molecule has 5 heteroatoms. The van der Waals surface area contributed by atoms with Crippen LogP contribution < -0.4 is 11.1 Å². The van der Waals surface area contributed by atoms with E-state index in [1.165, 1.54) is 0 Å². The Kier molecular flexibility index (Phi) is 2.38. The first kappa shape index (κ1) is 11.2. The fourth-order valence-corrected chi connectivity index (χ4v) is 2.58. The van der Waals surface area contributed by atoms with Crippen LogP contribution in [0.3, 0.4) is 0 Å². The molecule has 5 nitrogen and oxygen atoms in total. The lowest BCUT2D eigenvalue weighted by atomic mass is 10.1. The molecule has 0 atom stereocenters. The summed E-state index contributed by atoms with van der Waals surface area (Å²) >= 11 is 0. The third-order valence-corrected chi connectivity index (χ3v) is 3.61. The summed E-state index contributed by atoms with van der Waals surface area (Å²) in [4.78, 5) is 28.4. The summed E-state index contributed by atoms with van der Waals surface area (Å²) in [5.74, 6) is 0. The van der Waals surface area contributed by atoms with E-state index in [9.17, 15) is 9.59 Å². The van der Waals surface area contributed by atoms with Gasteiger partial charge in [-0.1, -0.05) is 6.07 Å². The molecule has 1 aromatic heterocycles. The number of rotatable bonds is 0. The number of nitrogens with one attached hydrogen (secondary N) is 1. The second kappa shape index (κ2) is 3.81. The van der Waals surface area contributed by atoms with Gasteiger partial charge in [-0.2, -0.15) is 0 Å². The Bertz CT molecular complexity index is 742. The lowest BCUT2D eigenvalue weighted by molar-refractivity contribution is 0.321. The minimum absolute atomic E-state index is 0.454. The molecule has 0 saturated heterocycles. The molecule has 0 saturated carbocycles. The Morgan fingerprint density at radius 1 is 1.22 bits per heavy atom. The zero-order valence-corrected chi connectivity index (χ0v) is 10.5. The lowest BCUT2D eigenvalue weighted by Crippen LogP contribution is -2.37. The van der Waals surface area contributed by atoms with Crippen molar-refractivity contribution < 1.29 is 0 Å². The molecule has 0 spiro atoms. The molecular weight excluding hydrogens is 230 g/mol. The van der Waals surface area contributed by atoms with Crippen LogP contribution in [0.2, 0.25) is 0 Å². The average molecular weight is 245 g/mol. The van der Waals surface area contributed by atoms with E-state index in [-0.39, 0.29) is 0 Å². The molecule has 2 aromatic rings. The van der Waals surface area contributed by atoms with Crippen LogP contribution in [-0.4, -0.2) is 28.0 Å². The molecule has 0 aliphatic carbocycles. The SMILES string of the molecule is Cc1ccc2[nH]c(=O)c(=O)n3c2c1CN(C)CC3. The molecule has 0 unspecified atom stereocenters. The number of likely N-dealkylation sites (N-methyl/N-ethyl adjacent to an activating group) is 1. The predicted octanol–water partition coefficient (Wildman–Crippen LogP) is 0.444.